The maximum atomic E-state index is 11.7. The van der Waals surface area contributed by atoms with E-state index in [4.69, 9.17) is 4.74 Å². The summed E-state index contributed by atoms with van der Waals surface area (Å²) >= 11 is 0. The number of rotatable bonds is 4. The zero-order chi connectivity index (χ0) is 12.7. The number of hydrogen-bond donors (Lipinski definition) is 1. The Morgan fingerprint density at radius 2 is 1.72 bits per heavy atom. The number of nitrogens with one attached hydrogen (secondary N) is 1. The summed E-state index contributed by atoms with van der Waals surface area (Å²) in [5.74, 6) is 3.53. The van der Waals surface area contributed by atoms with Gasteiger partial charge >= 0.3 is 5.97 Å². The summed E-state index contributed by atoms with van der Waals surface area (Å²) in [5.41, 5.74) is 0. The van der Waals surface area contributed by atoms with Crippen LogP contribution in [0.1, 0.15) is 45.4 Å². The Balaban J connectivity index is 1.67. The third-order valence-electron chi connectivity index (χ3n) is 5.51. The molecule has 18 heavy (non-hydrogen) atoms. The molecule has 4 fully saturated rings. The van der Waals surface area contributed by atoms with Gasteiger partial charge in [-0.15, -0.1) is 0 Å². The molecule has 1 unspecified atom stereocenters. The first-order valence-electron chi connectivity index (χ1n) is 7.55. The highest BCUT2D eigenvalue weighted by atomic mass is 16.5. The molecule has 4 aliphatic carbocycles. The van der Waals surface area contributed by atoms with Gasteiger partial charge in [0, 0.05) is 6.04 Å². The molecule has 102 valence electrons. The largest absolute Gasteiger partial charge is 0.468 e. The van der Waals surface area contributed by atoms with E-state index in [9.17, 15) is 4.79 Å². The van der Waals surface area contributed by atoms with Gasteiger partial charge in [0.1, 0.15) is 6.04 Å². The van der Waals surface area contributed by atoms with Crippen molar-refractivity contribution >= 4 is 5.97 Å². The fourth-order valence-electron chi connectivity index (χ4n) is 4.92. The van der Waals surface area contributed by atoms with Crippen molar-refractivity contribution in [2.45, 2.75) is 57.5 Å². The minimum atomic E-state index is -0.0995. The lowest BCUT2D eigenvalue weighted by atomic mass is 9.54. The average molecular weight is 251 g/mol. The Hall–Kier alpha value is -0.570. The van der Waals surface area contributed by atoms with Gasteiger partial charge in [-0.05, 0) is 62.2 Å². The molecule has 0 aromatic rings. The van der Waals surface area contributed by atoms with Crippen LogP contribution in [0.3, 0.4) is 0 Å². The molecule has 3 nitrogen and oxygen atoms in total. The molecule has 4 aliphatic rings. The molecule has 0 aromatic carbocycles. The Morgan fingerprint density at radius 3 is 2.17 bits per heavy atom. The summed E-state index contributed by atoms with van der Waals surface area (Å²) in [4.78, 5) is 11.7. The van der Waals surface area contributed by atoms with E-state index in [1.165, 1.54) is 39.2 Å². The van der Waals surface area contributed by atoms with E-state index in [1.807, 2.05) is 0 Å². The van der Waals surface area contributed by atoms with Crippen molar-refractivity contribution in [1.82, 2.24) is 5.32 Å². The van der Waals surface area contributed by atoms with Crippen LogP contribution in [0.4, 0.5) is 0 Å². The zero-order valence-corrected chi connectivity index (χ0v) is 11.5. The van der Waals surface area contributed by atoms with Gasteiger partial charge in [0.25, 0.3) is 0 Å². The van der Waals surface area contributed by atoms with Gasteiger partial charge in [-0.3, -0.25) is 4.79 Å². The predicted octanol–water partition coefficient (Wildman–Crippen LogP) is 2.35. The fraction of sp³-hybridized carbons (Fsp3) is 0.933. The topological polar surface area (TPSA) is 38.3 Å². The maximum absolute atomic E-state index is 11.7. The van der Waals surface area contributed by atoms with Gasteiger partial charge < -0.3 is 10.1 Å². The number of esters is 1. The standard InChI is InChI=1S/C15H25NO2/c1-3-13(15(17)18-2)16-14-11-5-9-4-10(7-11)8-12(14)6-9/h9-14,16H,3-8H2,1-2H3. The first kappa shape index (κ1) is 12.5. The lowest BCUT2D eigenvalue weighted by Gasteiger charge is -2.55. The van der Waals surface area contributed by atoms with Crippen LogP contribution in [0, 0.1) is 23.7 Å². The molecule has 0 spiro atoms. The summed E-state index contributed by atoms with van der Waals surface area (Å²) in [7, 11) is 1.49. The third-order valence-corrected chi connectivity index (χ3v) is 5.51. The fourth-order valence-corrected chi connectivity index (χ4v) is 4.92. The number of carbonyl (C=O) groups is 1. The molecule has 0 radical (unpaired) electrons. The van der Waals surface area contributed by atoms with Crippen LogP contribution >= 0.6 is 0 Å². The first-order chi connectivity index (χ1) is 8.71. The molecule has 4 saturated carbocycles. The summed E-state index contributed by atoms with van der Waals surface area (Å²) in [5, 5.41) is 3.62. The van der Waals surface area contributed by atoms with Gasteiger partial charge in [-0.1, -0.05) is 6.92 Å². The van der Waals surface area contributed by atoms with Gasteiger partial charge in [0.15, 0.2) is 0 Å². The molecule has 1 N–H and O–H groups in total. The molecule has 0 amide bonds. The van der Waals surface area contributed by atoms with Crippen LogP contribution in [0.15, 0.2) is 0 Å². The molecule has 3 heteroatoms. The molecule has 4 rings (SSSR count). The number of carbonyl (C=O) groups excluding carboxylic acids is 1. The Morgan fingerprint density at radius 1 is 1.17 bits per heavy atom. The maximum Gasteiger partial charge on any atom is 0.322 e. The van der Waals surface area contributed by atoms with E-state index in [0.29, 0.717) is 6.04 Å². The van der Waals surface area contributed by atoms with E-state index in [0.717, 1.165) is 30.1 Å². The molecule has 0 heterocycles. The van der Waals surface area contributed by atoms with Gasteiger partial charge in [0.05, 0.1) is 7.11 Å². The van der Waals surface area contributed by atoms with Gasteiger partial charge in [0.2, 0.25) is 0 Å². The number of ether oxygens (including phenoxy) is 1. The second kappa shape index (κ2) is 4.84. The van der Waals surface area contributed by atoms with E-state index in [-0.39, 0.29) is 12.0 Å². The second-order valence-corrected chi connectivity index (χ2v) is 6.61. The van der Waals surface area contributed by atoms with Crippen molar-refractivity contribution in [2.24, 2.45) is 23.7 Å². The smallest absolute Gasteiger partial charge is 0.322 e. The van der Waals surface area contributed by atoms with E-state index >= 15 is 0 Å². The summed E-state index contributed by atoms with van der Waals surface area (Å²) in [6.07, 6.45) is 7.87. The quantitative estimate of drug-likeness (QED) is 0.779. The molecular weight excluding hydrogens is 226 g/mol. The van der Waals surface area contributed by atoms with E-state index in [2.05, 4.69) is 12.2 Å². The van der Waals surface area contributed by atoms with E-state index in [1.54, 1.807) is 0 Å². The zero-order valence-electron chi connectivity index (χ0n) is 11.5. The molecule has 4 bridgehead atoms. The summed E-state index contributed by atoms with van der Waals surface area (Å²) in [6.45, 7) is 2.06. The van der Waals surface area contributed by atoms with Crippen LogP contribution in [0.25, 0.3) is 0 Å². The van der Waals surface area contributed by atoms with Gasteiger partial charge in [-0.25, -0.2) is 0 Å². The highest BCUT2D eigenvalue weighted by Gasteiger charge is 2.48. The number of methoxy groups -OCH3 is 1. The van der Waals surface area contributed by atoms with Crippen LogP contribution in [-0.4, -0.2) is 25.2 Å². The summed E-state index contributed by atoms with van der Waals surface area (Å²) < 4.78 is 4.90. The van der Waals surface area contributed by atoms with Crippen LogP contribution in [0.5, 0.6) is 0 Å². The van der Waals surface area contributed by atoms with Crippen LogP contribution in [-0.2, 0) is 9.53 Å². The molecular formula is C15H25NO2. The molecule has 0 aliphatic heterocycles. The SMILES string of the molecule is CCC(NC1C2CC3CC(C2)CC1C3)C(=O)OC. The van der Waals surface area contributed by atoms with Crippen molar-refractivity contribution < 1.29 is 9.53 Å². The molecule has 0 saturated heterocycles. The number of hydrogen-bond acceptors (Lipinski definition) is 3. The lowest BCUT2D eigenvalue weighted by molar-refractivity contribution is -0.144. The minimum Gasteiger partial charge on any atom is -0.468 e. The second-order valence-electron chi connectivity index (χ2n) is 6.61. The average Bonchev–Trinajstić information content (AvgIpc) is 2.36. The van der Waals surface area contributed by atoms with Crippen molar-refractivity contribution in [3.63, 3.8) is 0 Å². The first-order valence-corrected chi connectivity index (χ1v) is 7.55. The molecule has 0 aromatic heterocycles. The van der Waals surface area contributed by atoms with Crippen molar-refractivity contribution in [1.29, 1.82) is 0 Å². The highest BCUT2D eigenvalue weighted by Crippen LogP contribution is 2.53. The van der Waals surface area contributed by atoms with Crippen LogP contribution < -0.4 is 5.32 Å². The van der Waals surface area contributed by atoms with Gasteiger partial charge in [-0.2, -0.15) is 0 Å². The summed E-state index contributed by atoms with van der Waals surface area (Å²) in [6, 6.07) is 0.472. The molecule has 1 atom stereocenters. The third kappa shape index (κ3) is 2.07. The Bertz CT molecular complexity index is 300. The Kier molecular flexibility index (Phi) is 3.35. The minimum absolute atomic E-state index is 0.0914. The van der Waals surface area contributed by atoms with Crippen molar-refractivity contribution in [3.05, 3.63) is 0 Å². The predicted molar refractivity (Wildman–Crippen MR) is 70.1 cm³/mol. The van der Waals surface area contributed by atoms with E-state index < -0.39 is 0 Å². The van der Waals surface area contributed by atoms with Crippen molar-refractivity contribution in [3.8, 4) is 0 Å². The van der Waals surface area contributed by atoms with Crippen molar-refractivity contribution in [2.75, 3.05) is 7.11 Å². The highest BCUT2D eigenvalue weighted by molar-refractivity contribution is 5.75. The Labute approximate surface area is 110 Å². The van der Waals surface area contributed by atoms with Crippen LogP contribution in [0.2, 0.25) is 0 Å². The monoisotopic (exact) mass is 251 g/mol. The lowest BCUT2D eigenvalue weighted by Crippen LogP contribution is -2.58. The normalized spacial score (nSPS) is 42.9.